The molecular formula is C73H64N4OPt. The summed E-state index contributed by atoms with van der Waals surface area (Å²) in [6, 6.07) is 74.9. The minimum absolute atomic E-state index is 0. The van der Waals surface area contributed by atoms with Crippen LogP contribution in [0.15, 0.2) is 200 Å². The number of benzene rings is 9. The van der Waals surface area contributed by atoms with Gasteiger partial charge in [0.25, 0.3) is 0 Å². The molecule has 392 valence electrons. The molecule has 3 aromatic heterocycles. The van der Waals surface area contributed by atoms with Crippen LogP contribution >= 0.6 is 0 Å². The van der Waals surface area contributed by atoms with Gasteiger partial charge in [0.15, 0.2) is 0 Å². The van der Waals surface area contributed by atoms with Crippen molar-refractivity contribution in [3.63, 3.8) is 0 Å². The number of para-hydroxylation sites is 3. The van der Waals surface area contributed by atoms with Crippen LogP contribution < -0.4 is 9.64 Å². The molecule has 0 atom stereocenters. The molecule has 0 spiro atoms. The van der Waals surface area contributed by atoms with Gasteiger partial charge in [-0.25, -0.2) is 4.98 Å². The van der Waals surface area contributed by atoms with Crippen LogP contribution in [-0.4, -0.2) is 14.1 Å². The largest absolute Gasteiger partial charge is 2.00 e. The third-order valence-electron chi connectivity index (χ3n) is 16.0. The Kier molecular flexibility index (Phi) is 12.7. The Balaban J connectivity index is 0.00000623. The van der Waals surface area contributed by atoms with Crippen LogP contribution in [0.1, 0.15) is 84.6 Å². The molecule has 0 bridgehead atoms. The predicted octanol–water partition coefficient (Wildman–Crippen LogP) is 20.0. The Bertz CT molecular complexity index is 4430. The molecule has 9 aromatic carbocycles. The normalized spacial score (nSPS) is 12.7. The van der Waals surface area contributed by atoms with E-state index in [0.29, 0.717) is 5.75 Å². The predicted molar refractivity (Wildman–Crippen MR) is 330 cm³/mol. The Morgan fingerprint density at radius 1 is 0.456 bits per heavy atom. The summed E-state index contributed by atoms with van der Waals surface area (Å²) in [5.74, 6) is 2.27. The van der Waals surface area contributed by atoms with Crippen LogP contribution in [0.4, 0.5) is 11.4 Å². The summed E-state index contributed by atoms with van der Waals surface area (Å²) in [4.78, 5) is 7.27. The van der Waals surface area contributed by atoms with Crippen molar-refractivity contribution in [2.45, 2.75) is 85.5 Å². The second-order valence-corrected chi connectivity index (χ2v) is 24.3. The van der Waals surface area contributed by atoms with E-state index in [1.54, 1.807) is 0 Å². The van der Waals surface area contributed by atoms with Gasteiger partial charge in [-0.1, -0.05) is 201 Å². The molecule has 0 amide bonds. The zero-order chi connectivity index (χ0) is 53.8. The van der Waals surface area contributed by atoms with E-state index in [0.717, 1.165) is 66.7 Å². The standard InChI is InChI=1S/C73H64N4O.Pt/c1-46-66(36-35-62-59-27-16-17-31-64(59)77(68(46)62)67-43-50(37-38-74-67)71(2,3)4)78-54-24-18-23-53(44-54)75-45-76-69-55(49-39-51(72(5,6)7)42-52(40-49)73(8,9)10)28-19-29-60(69)56-25-14-15-26-57(56)63-41-48(47-21-12-11-13-22-47)33-34-58(63)61-30-20-32-65(75)70(61)76;/h11-43,45H,1-10H3;/q-2;+2. The van der Waals surface area contributed by atoms with Crippen LogP contribution in [0, 0.1) is 19.7 Å². The zero-order valence-corrected chi connectivity index (χ0v) is 48.9. The van der Waals surface area contributed by atoms with Gasteiger partial charge in [0.2, 0.25) is 0 Å². The summed E-state index contributed by atoms with van der Waals surface area (Å²) in [5, 5.41) is 9.36. The first-order valence-corrected chi connectivity index (χ1v) is 27.3. The number of fused-ring (bicyclic) bond motifs is 10. The Labute approximate surface area is 478 Å². The summed E-state index contributed by atoms with van der Waals surface area (Å²) < 4.78 is 11.8. The van der Waals surface area contributed by atoms with Crippen LogP contribution in [0.3, 0.4) is 0 Å². The number of hydrogen-bond acceptors (Lipinski definition) is 3. The summed E-state index contributed by atoms with van der Waals surface area (Å²) in [7, 11) is 0. The molecule has 0 N–H and O–H groups in total. The summed E-state index contributed by atoms with van der Waals surface area (Å²) in [5.41, 5.74) is 15.8. The first-order chi connectivity index (χ1) is 37.5. The quantitative estimate of drug-likeness (QED) is 0.156. The van der Waals surface area contributed by atoms with Crippen molar-refractivity contribution in [3.05, 3.63) is 235 Å². The van der Waals surface area contributed by atoms with Gasteiger partial charge in [0.05, 0.1) is 11.0 Å². The summed E-state index contributed by atoms with van der Waals surface area (Å²) in [6.45, 7) is 25.1. The second kappa shape index (κ2) is 19.4. The smallest absolute Gasteiger partial charge is 0.483 e. The number of rotatable bonds is 6. The van der Waals surface area contributed by atoms with Gasteiger partial charge in [-0.2, -0.15) is 6.07 Å². The van der Waals surface area contributed by atoms with E-state index in [-0.39, 0.29) is 37.3 Å². The van der Waals surface area contributed by atoms with Crippen molar-refractivity contribution in [2.75, 3.05) is 4.90 Å². The molecule has 79 heavy (non-hydrogen) atoms. The third-order valence-corrected chi connectivity index (χ3v) is 16.0. The molecule has 6 heteroatoms. The monoisotopic (exact) mass is 1210 g/mol. The molecule has 5 nitrogen and oxygen atoms in total. The van der Waals surface area contributed by atoms with Gasteiger partial charge in [0, 0.05) is 34.0 Å². The summed E-state index contributed by atoms with van der Waals surface area (Å²) >= 11 is 0. The number of nitrogens with zero attached hydrogens (tertiary/aromatic N) is 4. The average Bonchev–Trinajstić information content (AvgIpc) is 4.25. The minimum atomic E-state index is -0.0708. The number of aromatic nitrogens is 3. The van der Waals surface area contributed by atoms with Crippen LogP contribution in [-0.2, 0) is 37.3 Å². The Hall–Kier alpha value is -8.11. The first kappa shape index (κ1) is 51.6. The van der Waals surface area contributed by atoms with Gasteiger partial charge in [-0.3, -0.25) is 4.57 Å². The number of aryl methyl sites for hydroxylation is 1. The van der Waals surface area contributed by atoms with Crippen molar-refractivity contribution in [3.8, 4) is 39.6 Å². The maximum atomic E-state index is 7.02. The molecule has 0 aliphatic carbocycles. The fourth-order valence-electron chi connectivity index (χ4n) is 11.8. The van der Waals surface area contributed by atoms with Crippen LogP contribution in [0.5, 0.6) is 11.5 Å². The molecule has 0 radical (unpaired) electrons. The SMILES string of the molecule is Cc1c(Oc2[c-]c(N3[CH-]n4c5c(-c6cc(C(C)(C)C)cc(C(C)(C)C)c6)cccc5c5ccccc5c5cc(-c6ccccc6)ccc5c5cccc3c54)ccc2)ccc2c3ccccc3n(-c3cc(C(C)(C)C)ccn3)c12.[Pt+2]. The Morgan fingerprint density at radius 2 is 1.05 bits per heavy atom. The fourth-order valence-corrected chi connectivity index (χ4v) is 11.8. The third kappa shape index (κ3) is 8.93. The number of hydrogen-bond donors (Lipinski definition) is 0. The molecule has 0 saturated carbocycles. The van der Waals surface area contributed by atoms with E-state index in [1.807, 2.05) is 12.3 Å². The molecule has 0 saturated heterocycles. The van der Waals surface area contributed by atoms with Gasteiger partial charge in [-0.05, 0) is 155 Å². The molecule has 4 heterocycles. The van der Waals surface area contributed by atoms with Gasteiger partial charge in [0.1, 0.15) is 11.6 Å². The zero-order valence-electron chi connectivity index (χ0n) is 46.6. The van der Waals surface area contributed by atoms with Crippen molar-refractivity contribution in [1.29, 1.82) is 0 Å². The van der Waals surface area contributed by atoms with Gasteiger partial charge < -0.3 is 14.2 Å². The second-order valence-electron chi connectivity index (χ2n) is 24.3. The van der Waals surface area contributed by atoms with Gasteiger partial charge >= 0.3 is 21.1 Å². The minimum Gasteiger partial charge on any atom is -0.483 e. The fraction of sp³-hybridized carbons (Fsp3) is 0.178. The van der Waals surface area contributed by atoms with E-state index in [9.17, 15) is 0 Å². The average molecular weight is 1210 g/mol. The van der Waals surface area contributed by atoms with Gasteiger partial charge in [-0.15, -0.1) is 18.2 Å². The first-order valence-electron chi connectivity index (χ1n) is 27.3. The van der Waals surface area contributed by atoms with E-state index in [1.165, 1.54) is 65.9 Å². The van der Waals surface area contributed by atoms with E-state index in [4.69, 9.17) is 9.72 Å². The number of anilines is 2. The van der Waals surface area contributed by atoms with Crippen molar-refractivity contribution in [2.24, 2.45) is 0 Å². The molecule has 12 aromatic rings. The van der Waals surface area contributed by atoms with Crippen LogP contribution in [0.25, 0.3) is 93.2 Å². The molecule has 13 rings (SSSR count). The van der Waals surface area contributed by atoms with Crippen LogP contribution in [0.2, 0.25) is 0 Å². The Morgan fingerprint density at radius 3 is 1.77 bits per heavy atom. The maximum Gasteiger partial charge on any atom is 2.00 e. The van der Waals surface area contributed by atoms with Crippen molar-refractivity contribution in [1.82, 2.24) is 14.1 Å². The topological polar surface area (TPSA) is 35.2 Å². The molecular weight excluding hydrogens is 1140 g/mol. The van der Waals surface area contributed by atoms with Crippen molar-refractivity contribution < 1.29 is 25.8 Å². The van der Waals surface area contributed by atoms with E-state index < -0.39 is 0 Å². The summed E-state index contributed by atoms with van der Waals surface area (Å²) in [6.07, 6.45) is 1.93. The number of pyridine rings is 1. The molecule has 1 aliphatic rings. The maximum absolute atomic E-state index is 7.02. The molecule has 0 unspecified atom stereocenters. The molecule has 1 aliphatic heterocycles. The molecule has 0 fully saturated rings. The van der Waals surface area contributed by atoms with Crippen molar-refractivity contribution >= 4 is 76.5 Å². The van der Waals surface area contributed by atoms with E-state index in [2.05, 4.69) is 284 Å². The van der Waals surface area contributed by atoms with E-state index >= 15 is 0 Å². The number of ether oxygens (including phenoxy) is 1.